The highest BCUT2D eigenvalue weighted by molar-refractivity contribution is 5.48. The van der Waals surface area contributed by atoms with Crippen molar-refractivity contribution in [2.24, 2.45) is 0 Å². The molecule has 0 saturated carbocycles. The minimum atomic E-state index is 0.436. The highest BCUT2D eigenvalue weighted by Crippen LogP contribution is 2.16. The van der Waals surface area contributed by atoms with Gasteiger partial charge < -0.3 is 15.5 Å². The third-order valence-electron chi connectivity index (χ3n) is 3.20. The van der Waals surface area contributed by atoms with Crippen LogP contribution in [0.3, 0.4) is 0 Å². The number of aromatic nitrogens is 2. The minimum absolute atomic E-state index is 0.436. The molecule has 1 aromatic rings. The molecule has 1 atom stereocenters. The molecule has 0 spiro atoms. The van der Waals surface area contributed by atoms with Crippen molar-refractivity contribution in [2.45, 2.75) is 32.4 Å². The maximum atomic E-state index is 4.29. The first kappa shape index (κ1) is 12.1. The molecule has 0 aliphatic carbocycles. The van der Waals surface area contributed by atoms with Crippen LogP contribution in [0.5, 0.6) is 0 Å². The van der Waals surface area contributed by atoms with Gasteiger partial charge in [-0.25, -0.2) is 9.97 Å². The third kappa shape index (κ3) is 3.06. The zero-order chi connectivity index (χ0) is 12.3. The van der Waals surface area contributed by atoms with Crippen molar-refractivity contribution in [2.75, 3.05) is 30.4 Å². The van der Waals surface area contributed by atoms with Crippen molar-refractivity contribution in [1.29, 1.82) is 0 Å². The lowest BCUT2D eigenvalue weighted by Crippen LogP contribution is -2.27. The molecule has 0 radical (unpaired) electrons. The van der Waals surface area contributed by atoms with Gasteiger partial charge in [-0.2, -0.15) is 0 Å². The molecule has 0 bridgehead atoms. The second-order valence-corrected chi connectivity index (χ2v) is 4.80. The van der Waals surface area contributed by atoms with Gasteiger partial charge >= 0.3 is 0 Å². The Balaban J connectivity index is 2.05. The number of nitrogens with zero attached hydrogens (tertiary/aromatic N) is 3. The normalized spacial score (nSPS) is 19.6. The lowest BCUT2D eigenvalue weighted by molar-refractivity contribution is 0.739. The van der Waals surface area contributed by atoms with Gasteiger partial charge in [-0.1, -0.05) is 0 Å². The Morgan fingerprint density at radius 3 is 2.94 bits per heavy atom. The average molecular weight is 235 g/mol. The van der Waals surface area contributed by atoms with Crippen LogP contribution in [0, 0.1) is 0 Å². The molecule has 0 aromatic carbocycles. The monoisotopic (exact) mass is 235 g/mol. The van der Waals surface area contributed by atoms with Crippen LogP contribution in [-0.4, -0.2) is 42.2 Å². The summed E-state index contributed by atoms with van der Waals surface area (Å²) in [7, 11) is 2.05. The summed E-state index contributed by atoms with van der Waals surface area (Å²) < 4.78 is 0. The van der Waals surface area contributed by atoms with Crippen molar-refractivity contribution >= 4 is 11.6 Å². The summed E-state index contributed by atoms with van der Waals surface area (Å²) in [6.07, 6.45) is 2.78. The molecule has 0 amide bonds. The zero-order valence-electron chi connectivity index (χ0n) is 10.8. The summed E-state index contributed by atoms with van der Waals surface area (Å²) in [5, 5.41) is 6.77. The van der Waals surface area contributed by atoms with Gasteiger partial charge in [0.2, 0.25) is 0 Å². The molecule has 1 saturated heterocycles. The summed E-state index contributed by atoms with van der Waals surface area (Å²) in [5.41, 5.74) is 0. The maximum Gasteiger partial charge on any atom is 0.134 e. The molecule has 1 aliphatic heterocycles. The highest BCUT2D eigenvalue weighted by Gasteiger charge is 2.15. The van der Waals surface area contributed by atoms with E-state index < -0.39 is 0 Å². The van der Waals surface area contributed by atoms with E-state index in [1.54, 1.807) is 6.33 Å². The molecule has 2 rings (SSSR count). The Bertz CT molecular complexity index is 360. The quantitative estimate of drug-likeness (QED) is 0.818. The van der Waals surface area contributed by atoms with Crippen LogP contribution >= 0.6 is 0 Å². The molecule has 2 N–H and O–H groups in total. The van der Waals surface area contributed by atoms with Crippen LogP contribution in [0.15, 0.2) is 12.4 Å². The number of rotatable bonds is 4. The number of hydrogen-bond donors (Lipinski definition) is 2. The van der Waals surface area contributed by atoms with Gasteiger partial charge in [0.1, 0.15) is 18.0 Å². The second-order valence-electron chi connectivity index (χ2n) is 4.80. The van der Waals surface area contributed by atoms with Crippen molar-refractivity contribution in [3.63, 3.8) is 0 Å². The largest absolute Gasteiger partial charge is 0.366 e. The first-order valence-corrected chi connectivity index (χ1v) is 6.19. The summed E-state index contributed by atoms with van der Waals surface area (Å²) in [6, 6.07) is 2.94. The molecule has 1 fully saturated rings. The summed E-state index contributed by atoms with van der Waals surface area (Å²) in [5.74, 6) is 1.87. The van der Waals surface area contributed by atoms with Crippen molar-refractivity contribution in [1.82, 2.24) is 15.3 Å². The zero-order valence-corrected chi connectivity index (χ0v) is 10.8. The van der Waals surface area contributed by atoms with Gasteiger partial charge in [-0.3, -0.25) is 0 Å². The van der Waals surface area contributed by atoms with E-state index in [2.05, 4.69) is 39.3 Å². The lowest BCUT2D eigenvalue weighted by Gasteiger charge is -2.23. The highest BCUT2D eigenvalue weighted by atomic mass is 15.2. The maximum absolute atomic E-state index is 4.29. The van der Waals surface area contributed by atoms with E-state index in [1.165, 1.54) is 0 Å². The average Bonchev–Trinajstić information content (AvgIpc) is 2.81. The van der Waals surface area contributed by atoms with E-state index >= 15 is 0 Å². The second kappa shape index (κ2) is 5.31. The van der Waals surface area contributed by atoms with Gasteiger partial charge in [0.15, 0.2) is 0 Å². The third-order valence-corrected chi connectivity index (χ3v) is 3.20. The lowest BCUT2D eigenvalue weighted by atomic mass is 10.2. The van der Waals surface area contributed by atoms with Crippen LogP contribution < -0.4 is 15.5 Å². The van der Waals surface area contributed by atoms with Gasteiger partial charge in [0.25, 0.3) is 0 Å². The van der Waals surface area contributed by atoms with Crippen LogP contribution in [-0.2, 0) is 0 Å². The Kier molecular flexibility index (Phi) is 3.78. The van der Waals surface area contributed by atoms with E-state index in [4.69, 9.17) is 0 Å². The minimum Gasteiger partial charge on any atom is -0.366 e. The van der Waals surface area contributed by atoms with E-state index in [-0.39, 0.29) is 0 Å². The number of nitrogens with one attached hydrogen (secondary N) is 2. The van der Waals surface area contributed by atoms with Gasteiger partial charge in [0, 0.05) is 31.7 Å². The predicted molar refractivity (Wildman–Crippen MR) is 70.5 cm³/mol. The molecule has 5 heteroatoms. The molecule has 2 heterocycles. The number of anilines is 2. The Morgan fingerprint density at radius 1 is 1.47 bits per heavy atom. The summed E-state index contributed by atoms with van der Waals surface area (Å²) >= 11 is 0. The van der Waals surface area contributed by atoms with Crippen molar-refractivity contribution in [3.05, 3.63) is 12.4 Å². The molecule has 17 heavy (non-hydrogen) atoms. The molecule has 1 aromatic heterocycles. The topological polar surface area (TPSA) is 53.1 Å². The van der Waals surface area contributed by atoms with E-state index in [0.29, 0.717) is 12.1 Å². The van der Waals surface area contributed by atoms with Gasteiger partial charge in [0.05, 0.1) is 0 Å². The van der Waals surface area contributed by atoms with E-state index in [1.807, 2.05) is 13.1 Å². The van der Waals surface area contributed by atoms with Gasteiger partial charge in [-0.15, -0.1) is 0 Å². The molecule has 94 valence electrons. The first-order valence-electron chi connectivity index (χ1n) is 6.19. The van der Waals surface area contributed by atoms with Crippen LogP contribution in [0.1, 0.15) is 20.3 Å². The smallest absolute Gasteiger partial charge is 0.134 e. The number of hydrogen-bond acceptors (Lipinski definition) is 5. The molecular formula is C12H21N5. The van der Waals surface area contributed by atoms with Gasteiger partial charge in [-0.05, 0) is 26.8 Å². The Labute approximate surface area is 103 Å². The molecular weight excluding hydrogens is 214 g/mol. The summed E-state index contributed by atoms with van der Waals surface area (Å²) in [4.78, 5) is 10.7. The first-order chi connectivity index (χ1) is 8.16. The molecule has 1 unspecified atom stereocenters. The van der Waals surface area contributed by atoms with Crippen LogP contribution in [0.2, 0.25) is 0 Å². The van der Waals surface area contributed by atoms with Crippen LogP contribution in [0.4, 0.5) is 11.6 Å². The Morgan fingerprint density at radius 2 is 2.29 bits per heavy atom. The molecule has 5 nitrogen and oxygen atoms in total. The van der Waals surface area contributed by atoms with Crippen molar-refractivity contribution < 1.29 is 0 Å². The van der Waals surface area contributed by atoms with Crippen molar-refractivity contribution in [3.8, 4) is 0 Å². The standard InChI is InChI=1S/C12H21N5/c1-9(2)17(3)12-6-11(14-8-15-12)16-10-4-5-13-7-10/h6,8-10,13H,4-5,7H2,1-3H3,(H,14,15,16). The van der Waals surface area contributed by atoms with Crippen LogP contribution in [0.25, 0.3) is 0 Å². The summed E-state index contributed by atoms with van der Waals surface area (Å²) in [6.45, 7) is 6.40. The SMILES string of the molecule is CC(C)N(C)c1cc(NC2CCNC2)ncn1. The fraction of sp³-hybridized carbons (Fsp3) is 0.667. The van der Waals surface area contributed by atoms with E-state index in [0.717, 1.165) is 31.1 Å². The van der Waals surface area contributed by atoms with E-state index in [9.17, 15) is 0 Å². The predicted octanol–water partition coefficient (Wildman–Crippen LogP) is 1.09. The fourth-order valence-electron chi connectivity index (χ4n) is 1.87. The Hall–Kier alpha value is -1.36. The molecule has 1 aliphatic rings. The fourth-order valence-corrected chi connectivity index (χ4v) is 1.87.